The number of anilines is 1. The lowest BCUT2D eigenvalue weighted by atomic mass is 10.1. The average Bonchev–Trinajstić information content (AvgIpc) is 3.26. The van der Waals surface area contributed by atoms with Crippen LogP contribution in [0, 0.1) is 0 Å². The highest BCUT2D eigenvalue weighted by molar-refractivity contribution is 7.14. The Morgan fingerprint density at radius 1 is 1.35 bits per heavy atom. The number of carbonyl (C=O) groups excluding carboxylic acids is 2. The number of hydrogen-bond acceptors (Lipinski definition) is 6. The van der Waals surface area contributed by atoms with Crippen molar-refractivity contribution in [1.29, 1.82) is 0 Å². The molecule has 7 heteroatoms. The van der Waals surface area contributed by atoms with Gasteiger partial charge in [-0.15, -0.1) is 11.3 Å². The lowest BCUT2D eigenvalue weighted by Gasteiger charge is -2.07. The molecule has 3 rings (SSSR count). The topological polar surface area (TPSA) is 77.5 Å². The molecule has 1 fully saturated rings. The van der Waals surface area contributed by atoms with E-state index in [1.165, 1.54) is 18.4 Å². The number of methoxy groups -OCH3 is 1. The van der Waals surface area contributed by atoms with E-state index < -0.39 is 0 Å². The fourth-order valence-electron chi connectivity index (χ4n) is 2.33. The summed E-state index contributed by atoms with van der Waals surface area (Å²) in [6.07, 6.45) is 1.29. The highest BCUT2D eigenvalue weighted by atomic mass is 32.1. The lowest BCUT2D eigenvalue weighted by Crippen LogP contribution is -2.26. The van der Waals surface area contributed by atoms with Crippen molar-refractivity contribution in [1.82, 2.24) is 4.98 Å². The molecule has 1 aliphatic heterocycles. The van der Waals surface area contributed by atoms with Gasteiger partial charge >= 0.3 is 5.97 Å². The molecule has 0 bridgehead atoms. The molecule has 1 atom stereocenters. The predicted molar refractivity (Wildman–Crippen MR) is 86.5 cm³/mol. The van der Waals surface area contributed by atoms with Crippen molar-refractivity contribution in [2.75, 3.05) is 19.0 Å². The zero-order valence-corrected chi connectivity index (χ0v) is 13.4. The normalized spacial score (nSPS) is 17.0. The Labute approximate surface area is 137 Å². The van der Waals surface area contributed by atoms with Crippen LogP contribution < -0.4 is 5.32 Å². The van der Waals surface area contributed by atoms with Crippen LogP contribution in [-0.2, 0) is 14.3 Å². The van der Waals surface area contributed by atoms with Crippen molar-refractivity contribution >= 4 is 28.3 Å². The van der Waals surface area contributed by atoms with Crippen molar-refractivity contribution in [2.24, 2.45) is 0 Å². The van der Waals surface area contributed by atoms with E-state index in [1.807, 2.05) is 5.38 Å². The largest absolute Gasteiger partial charge is 0.465 e. The monoisotopic (exact) mass is 332 g/mol. The number of aromatic nitrogens is 1. The van der Waals surface area contributed by atoms with Crippen LogP contribution in [0.2, 0.25) is 0 Å². The molecule has 23 heavy (non-hydrogen) atoms. The molecule has 1 aromatic carbocycles. The Morgan fingerprint density at radius 2 is 2.13 bits per heavy atom. The second-order valence-electron chi connectivity index (χ2n) is 5.10. The molecule has 1 aliphatic rings. The summed E-state index contributed by atoms with van der Waals surface area (Å²) in [5.41, 5.74) is 2.10. The maximum absolute atomic E-state index is 12.0. The maximum Gasteiger partial charge on any atom is 0.337 e. The number of nitrogens with zero attached hydrogens (tertiary/aromatic N) is 1. The SMILES string of the molecule is COC(=O)c1ccc(-c2csc(NC(=O)C3CCCO3)n2)cc1. The summed E-state index contributed by atoms with van der Waals surface area (Å²) in [6, 6.07) is 6.97. The molecule has 0 saturated carbocycles. The van der Waals surface area contributed by atoms with Crippen LogP contribution in [-0.4, -0.2) is 36.7 Å². The minimum Gasteiger partial charge on any atom is -0.465 e. The third-order valence-corrected chi connectivity index (χ3v) is 4.32. The minimum atomic E-state index is -0.376. The summed E-state index contributed by atoms with van der Waals surface area (Å²) >= 11 is 1.36. The summed E-state index contributed by atoms with van der Waals surface area (Å²) < 4.78 is 10.0. The van der Waals surface area contributed by atoms with Gasteiger partial charge in [0.25, 0.3) is 5.91 Å². The molecular formula is C16H16N2O4S. The zero-order valence-electron chi connectivity index (χ0n) is 12.6. The smallest absolute Gasteiger partial charge is 0.337 e. The van der Waals surface area contributed by atoms with Crippen LogP contribution in [0.4, 0.5) is 5.13 Å². The van der Waals surface area contributed by atoms with Gasteiger partial charge in [0.2, 0.25) is 0 Å². The molecule has 6 nitrogen and oxygen atoms in total. The zero-order chi connectivity index (χ0) is 16.2. The van der Waals surface area contributed by atoms with E-state index in [2.05, 4.69) is 15.0 Å². The number of esters is 1. The van der Waals surface area contributed by atoms with E-state index in [9.17, 15) is 9.59 Å². The van der Waals surface area contributed by atoms with Crippen molar-refractivity contribution in [3.63, 3.8) is 0 Å². The maximum atomic E-state index is 12.0. The summed E-state index contributed by atoms with van der Waals surface area (Å²) in [6.45, 7) is 0.633. The van der Waals surface area contributed by atoms with E-state index in [0.717, 1.165) is 24.1 Å². The summed E-state index contributed by atoms with van der Waals surface area (Å²) in [4.78, 5) is 27.8. The number of nitrogens with one attached hydrogen (secondary N) is 1. The van der Waals surface area contributed by atoms with Gasteiger partial charge in [0, 0.05) is 17.6 Å². The first-order valence-corrected chi connectivity index (χ1v) is 8.12. The van der Waals surface area contributed by atoms with Crippen LogP contribution in [0.15, 0.2) is 29.6 Å². The molecule has 0 aliphatic carbocycles. The molecule has 1 amide bonds. The van der Waals surface area contributed by atoms with E-state index >= 15 is 0 Å². The minimum absolute atomic E-state index is 0.149. The molecule has 2 heterocycles. The highest BCUT2D eigenvalue weighted by Crippen LogP contribution is 2.26. The molecule has 120 valence electrons. The Morgan fingerprint density at radius 3 is 2.78 bits per heavy atom. The average molecular weight is 332 g/mol. The molecule has 0 spiro atoms. The number of hydrogen-bond donors (Lipinski definition) is 1. The van der Waals surface area contributed by atoms with Crippen LogP contribution in [0.1, 0.15) is 23.2 Å². The first kappa shape index (κ1) is 15.6. The Kier molecular flexibility index (Phi) is 4.68. The Bertz CT molecular complexity index is 705. The van der Waals surface area contributed by atoms with Crippen LogP contribution in [0.5, 0.6) is 0 Å². The molecule has 0 radical (unpaired) electrons. The quantitative estimate of drug-likeness (QED) is 0.871. The molecule has 1 unspecified atom stereocenters. The van der Waals surface area contributed by atoms with Gasteiger partial charge in [-0.3, -0.25) is 10.1 Å². The fraction of sp³-hybridized carbons (Fsp3) is 0.312. The summed E-state index contributed by atoms with van der Waals surface area (Å²) in [7, 11) is 1.35. The van der Waals surface area contributed by atoms with Gasteiger partial charge in [0.15, 0.2) is 5.13 Å². The van der Waals surface area contributed by atoms with E-state index in [4.69, 9.17) is 4.74 Å². The number of ether oxygens (including phenoxy) is 2. The third kappa shape index (κ3) is 3.57. The van der Waals surface area contributed by atoms with Gasteiger partial charge < -0.3 is 9.47 Å². The Balaban J connectivity index is 1.68. The van der Waals surface area contributed by atoms with Crippen molar-refractivity contribution in [3.8, 4) is 11.3 Å². The highest BCUT2D eigenvalue weighted by Gasteiger charge is 2.24. The number of thiazole rings is 1. The van der Waals surface area contributed by atoms with Gasteiger partial charge in [-0.2, -0.15) is 0 Å². The van der Waals surface area contributed by atoms with Crippen LogP contribution >= 0.6 is 11.3 Å². The van der Waals surface area contributed by atoms with Crippen molar-refractivity contribution in [3.05, 3.63) is 35.2 Å². The van der Waals surface area contributed by atoms with Gasteiger partial charge in [0.05, 0.1) is 18.4 Å². The lowest BCUT2D eigenvalue weighted by molar-refractivity contribution is -0.124. The summed E-state index contributed by atoms with van der Waals surface area (Å²) in [5, 5.41) is 5.18. The first-order chi connectivity index (χ1) is 11.2. The number of rotatable bonds is 4. The summed E-state index contributed by atoms with van der Waals surface area (Å²) in [5.74, 6) is -0.524. The van der Waals surface area contributed by atoms with Gasteiger partial charge in [-0.1, -0.05) is 12.1 Å². The standard InChI is InChI=1S/C16H16N2O4S/c1-21-15(20)11-6-4-10(5-7-11)12-9-23-16(17-12)18-14(19)13-3-2-8-22-13/h4-7,9,13H,2-3,8H2,1H3,(H,17,18,19). The number of amides is 1. The number of carbonyl (C=O) groups is 2. The number of benzene rings is 1. The van der Waals surface area contributed by atoms with Gasteiger partial charge in [-0.25, -0.2) is 9.78 Å². The molecule has 1 aromatic heterocycles. The molecular weight excluding hydrogens is 316 g/mol. The third-order valence-electron chi connectivity index (χ3n) is 3.56. The predicted octanol–water partition coefficient (Wildman–Crippen LogP) is 2.71. The molecule has 1 saturated heterocycles. The van der Waals surface area contributed by atoms with Gasteiger partial charge in [-0.05, 0) is 25.0 Å². The van der Waals surface area contributed by atoms with Crippen LogP contribution in [0.3, 0.4) is 0 Å². The Hall–Kier alpha value is -2.25. The van der Waals surface area contributed by atoms with E-state index in [0.29, 0.717) is 17.3 Å². The molecule has 1 N–H and O–H groups in total. The molecule has 2 aromatic rings. The van der Waals surface area contributed by atoms with E-state index in [-0.39, 0.29) is 18.0 Å². The van der Waals surface area contributed by atoms with Crippen molar-refractivity contribution in [2.45, 2.75) is 18.9 Å². The van der Waals surface area contributed by atoms with Crippen molar-refractivity contribution < 1.29 is 19.1 Å². The second-order valence-corrected chi connectivity index (χ2v) is 5.96. The van der Waals surface area contributed by atoms with E-state index in [1.54, 1.807) is 24.3 Å². The second kappa shape index (κ2) is 6.89. The first-order valence-electron chi connectivity index (χ1n) is 7.24. The van der Waals surface area contributed by atoms with Crippen LogP contribution in [0.25, 0.3) is 11.3 Å². The van der Waals surface area contributed by atoms with Gasteiger partial charge in [0.1, 0.15) is 6.10 Å². The fourth-order valence-corrected chi connectivity index (χ4v) is 3.05.